The van der Waals surface area contributed by atoms with Crippen LogP contribution in [-0.2, 0) is 0 Å². The van der Waals surface area contributed by atoms with Gasteiger partial charge in [0.2, 0.25) is 0 Å². The fourth-order valence-corrected chi connectivity index (χ4v) is 3.91. The number of amides is 1. The second-order valence-electron chi connectivity index (χ2n) is 6.66. The Hall–Kier alpha value is -2.51. The van der Waals surface area contributed by atoms with Gasteiger partial charge in [-0.25, -0.2) is 9.37 Å². The van der Waals surface area contributed by atoms with E-state index in [9.17, 15) is 9.18 Å². The van der Waals surface area contributed by atoms with Crippen LogP contribution in [0.15, 0.2) is 42.5 Å². The number of para-hydroxylation sites is 1. The van der Waals surface area contributed by atoms with Crippen molar-refractivity contribution in [1.82, 2.24) is 9.88 Å². The maximum atomic E-state index is 13.6. The van der Waals surface area contributed by atoms with Crippen LogP contribution in [0, 0.1) is 5.82 Å². The van der Waals surface area contributed by atoms with E-state index in [4.69, 9.17) is 4.74 Å². The minimum Gasteiger partial charge on any atom is -0.492 e. The zero-order chi connectivity index (χ0) is 20.1. The third-order valence-electron chi connectivity index (χ3n) is 4.21. The molecule has 3 rings (SSSR count). The summed E-state index contributed by atoms with van der Waals surface area (Å²) in [5.74, 6) is 0.0197. The van der Waals surface area contributed by atoms with Crippen LogP contribution < -0.4 is 9.64 Å². The Balaban J connectivity index is 1.97. The molecule has 0 saturated carbocycles. The molecule has 3 aromatic rings. The number of rotatable bonds is 8. The topological polar surface area (TPSA) is 45.7 Å². The maximum absolute atomic E-state index is 13.6. The van der Waals surface area contributed by atoms with Crippen LogP contribution in [0.3, 0.4) is 0 Å². The first-order chi connectivity index (χ1) is 13.5. The molecule has 0 atom stereocenters. The summed E-state index contributed by atoms with van der Waals surface area (Å²) in [4.78, 5) is 21.5. The molecule has 148 valence electrons. The van der Waals surface area contributed by atoms with Crippen molar-refractivity contribution >= 4 is 32.6 Å². The molecule has 1 heterocycles. The van der Waals surface area contributed by atoms with Gasteiger partial charge in [-0.2, -0.15) is 0 Å². The Kier molecular flexibility index (Phi) is 6.59. The van der Waals surface area contributed by atoms with Crippen molar-refractivity contribution in [2.45, 2.75) is 13.3 Å². The lowest BCUT2D eigenvalue weighted by molar-refractivity contribution is 0.0985. The highest BCUT2D eigenvalue weighted by Crippen LogP contribution is 2.34. The summed E-state index contributed by atoms with van der Waals surface area (Å²) in [5.41, 5.74) is 1.06. The number of aromatic nitrogens is 1. The molecule has 0 bridgehead atoms. The summed E-state index contributed by atoms with van der Waals surface area (Å²) in [6.07, 6.45) is 0.780. The molecule has 0 saturated heterocycles. The van der Waals surface area contributed by atoms with Crippen molar-refractivity contribution in [3.05, 3.63) is 53.8 Å². The van der Waals surface area contributed by atoms with Crippen LogP contribution in [0.5, 0.6) is 5.75 Å². The van der Waals surface area contributed by atoms with E-state index in [1.54, 1.807) is 17.0 Å². The zero-order valence-electron chi connectivity index (χ0n) is 16.3. The maximum Gasteiger partial charge on any atom is 0.260 e. The predicted octanol–water partition coefficient (Wildman–Crippen LogP) is 4.43. The molecular formula is C21H24FN3O2S. The third-order valence-corrected chi connectivity index (χ3v) is 5.25. The van der Waals surface area contributed by atoms with Crippen LogP contribution in [0.25, 0.3) is 10.2 Å². The quantitative estimate of drug-likeness (QED) is 0.560. The molecule has 0 radical (unpaired) electrons. The van der Waals surface area contributed by atoms with Crippen molar-refractivity contribution in [3.8, 4) is 5.75 Å². The van der Waals surface area contributed by atoms with Gasteiger partial charge in [0.15, 0.2) is 5.13 Å². The molecular weight excluding hydrogens is 377 g/mol. The van der Waals surface area contributed by atoms with Crippen molar-refractivity contribution in [3.63, 3.8) is 0 Å². The second kappa shape index (κ2) is 9.12. The van der Waals surface area contributed by atoms with Gasteiger partial charge in [0, 0.05) is 12.1 Å². The van der Waals surface area contributed by atoms with Gasteiger partial charge in [0.05, 0.1) is 11.3 Å². The molecule has 7 heteroatoms. The summed E-state index contributed by atoms with van der Waals surface area (Å²) in [6.45, 7) is 3.80. The number of carbonyl (C=O) groups excluding carboxylic acids is 1. The van der Waals surface area contributed by atoms with Gasteiger partial charge in [-0.3, -0.25) is 9.69 Å². The van der Waals surface area contributed by atoms with Gasteiger partial charge in [-0.05, 0) is 64.3 Å². The van der Waals surface area contributed by atoms with Crippen molar-refractivity contribution in [2.75, 3.05) is 38.7 Å². The van der Waals surface area contributed by atoms with Crippen LogP contribution >= 0.6 is 11.3 Å². The standard InChI is InChI=1S/C21H24FN3O2S/c1-4-27-17-10-6-11-18-19(17)23-21(28-18)25(13-7-12-24(2)3)20(26)15-8-5-9-16(22)14-15/h5-6,8-11,14H,4,7,12-13H2,1-3H3. The summed E-state index contributed by atoms with van der Waals surface area (Å²) < 4.78 is 20.3. The lowest BCUT2D eigenvalue weighted by Crippen LogP contribution is -2.33. The first kappa shape index (κ1) is 20.2. The monoisotopic (exact) mass is 401 g/mol. The number of benzene rings is 2. The normalized spacial score (nSPS) is 11.2. The first-order valence-corrected chi connectivity index (χ1v) is 10.1. The first-order valence-electron chi connectivity index (χ1n) is 9.24. The van der Waals surface area contributed by atoms with E-state index in [0.29, 0.717) is 29.6 Å². The minimum atomic E-state index is -0.429. The number of ether oxygens (including phenoxy) is 1. The van der Waals surface area contributed by atoms with E-state index in [-0.39, 0.29) is 5.91 Å². The van der Waals surface area contributed by atoms with E-state index >= 15 is 0 Å². The summed E-state index contributed by atoms with van der Waals surface area (Å²) in [5, 5.41) is 0.593. The number of carbonyl (C=O) groups is 1. The molecule has 1 aromatic heterocycles. The summed E-state index contributed by atoms with van der Waals surface area (Å²) in [7, 11) is 3.98. The lowest BCUT2D eigenvalue weighted by Gasteiger charge is -2.21. The van der Waals surface area contributed by atoms with E-state index in [1.165, 1.54) is 23.5 Å². The third kappa shape index (κ3) is 4.66. The van der Waals surface area contributed by atoms with Crippen molar-refractivity contribution < 1.29 is 13.9 Å². The average molecular weight is 402 g/mol. The number of anilines is 1. The molecule has 5 nitrogen and oxygen atoms in total. The van der Waals surface area contributed by atoms with Gasteiger partial charge < -0.3 is 9.64 Å². The number of nitrogens with zero attached hydrogens (tertiary/aromatic N) is 3. The van der Waals surface area contributed by atoms with Crippen molar-refractivity contribution in [2.24, 2.45) is 0 Å². The number of hydrogen-bond acceptors (Lipinski definition) is 5. The van der Waals surface area contributed by atoms with Crippen LogP contribution in [0.1, 0.15) is 23.7 Å². The Labute approximate surface area is 168 Å². The Morgan fingerprint density at radius 3 is 2.68 bits per heavy atom. The Morgan fingerprint density at radius 2 is 1.96 bits per heavy atom. The van der Waals surface area contributed by atoms with Crippen LogP contribution in [0.2, 0.25) is 0 Å². The molecule has 0 spiro atoms. The van der Waals surface area contributed by atoms with Gasteiger partial charge in [0.1, 0.15) is 17.1 Å². The van der Waals surface area contributed by atoms with E-state index in [1.807, 2.05) is 39.2 Å². The van der Waals surface area contributed by atoms with Crippen LogP contribution in [0.4, 0.5) is 9.52 Å². The van der Waals surface area contributed by atoms with Gasteiger partial charge >= 0.3 is 0 Å². The van der Waals surface area contributed by atoms with Crippen LogP contribution in [-0.4, -0.2) is 49.6 Å². The van der Waals surface area contributed by atoms with E-state index in [2.05, 4.69) is 9.88 Å². The highest BCUT2D eigenvalue weighted by molar-refractivity contribution is 7.22. The Morgan fingerprint density at radius 1 is 1.18 bits per heavy atom. The van der Waals surface area contributed by atoms with E-state index < -0.39 is 5.82 Å². The average Bonchev–Trinajstić information content (AvgIpc) is 3.09. The SMILES string of the molecule is CCOc1cccc2sc(N(CCCN(C)C)C(=O)c3cccc(F)c3)nc12. The van der Waals surface area contributed by atoms with Gasteiger partial charge in [-0.15, -0.1) is 0 Å². The second-order valence-corrected chi connectivity index (χ2v) is 7.67. The molecule has 0 unspecified atom stereocenters. The molecule has 0 aliphatic heterocycles. The number of hydrogen-bond donors (Lipinski definition) is 0. The molecule has 0 aliphatic rings. The fourth-order valence-electron chi connectivity index (χ4n) is 2.91. The predicted molar refractivity (Wildman–Crippen MR) is 112 cm³/mol. The number of thiazole rings is 1. The zero-order valence-corrected chi connectivity index (χ0v) is 17.1. The molecule has 0 fully saturated rings. The van der Waals surface area contributed by atoms with E-state index in [0.717, 1.165) is 23.2 Å². The fraction of sp³-hybridized carbons (Fsp3) is 0.333. The molecule has 0 N–H and O–H groups in total. The number of fused-ring (bicyclic) bond motifs is 1. The summed E-state index contributed by atoms with van der Waals surface area (Å²) in [6, 6.07) is 11.5. The smallest absolute Gasteiger partial charge is 0.260 e. The molecule has 2 aromatic carbocycles. The Bertz CT molecular complexity index is 958. The molecule has 0 aliphatic carbocycles. The molecule has 1 amide bonds. The highest BCUT2D eigenvalue weighted by atomic mass is 32.1. The van der Waals surface area contributed by atoms with Gasteiger partial charge in [-0.1, -0.05) is 23.5 Å². The van der Waals surface area contributed by atoms with Gasteiger partial charge in [0.25, 0.3) is 5.91 Å². The summed E-state index contributed by atoms with van der Waals surface area (Å²) >= 11 is 1.44. The lowest BCUT2D eigenvalue weighted by atomic mass is 10.2. The minimum absolute atomic E-state index is 0.254. The highest BCUT2D eigenvalue weighted by Gasteiger charge is 2.22. The number of halogens is 1. The largest absolute Gasteiger partial charge is 0.492 e. The molecule has 28 heavy (non-hydrogen) atoms. The van der Waals surface area contributed by atoms with Crippen molar-refractivity contribution in [1.29, 1.82) is 0 Å².